The van der Waals surface area contributed by atoms with Crippen LogP contribution in [0.2, 0.25) is 0 Å². The van der Waals surface area contributed by atoms with E-state index in [0.29, 0.717) is 12.2 Å². The second kappa shape index (κ2) is 5.84. The van der Waals surface area contributed by atoms with Crippen LogP contribution >= 0.6 is 0 Å². The summed E-state index contributed by atoms with van der Waals surface area (Å²) in [6.07, 6.45) is 1.63. The van der Waals surface area contributed by atoms with Crippen molar-refractivity contribution in [3.05, 3.63) is 58.4 Å². The number of amides is 1. The molecule has 3 N–H and O–H groups in total. The van der Waals surface area contributed by atoms with Crippen molar-refractivity contribution in [1.82, 2.24) is 4.98 Å². The van der Waals surface area contributed by atoms with Gasteiger partial charge in [-0.15, -0.1) is 0 Å². The SMILES string of the molecule is Cc1cc(C)c(NC(=O)c2ccc(CN)cn2)cc1C. The number of nitrogens with zero attached hydrogens (tertiary/aromatic N) is 1. The Labute approximate surface area is 119 Å². The third kappa shape index (κ3) is 3.03. The molecular weight excluding hydrogens is 250 g/mol. The number of benzene rings is 1. The van der Waals surface area contributed by atoms with Crippen molar-refractivity contribution in [3.8, 4) is 0 Å². The fourth-order valence-corrected chi connectivity index (χ4v) is 1.96. The second-order valence-corrected chi connectivity index (χ2v) is 4.96. The molecule has 0 unspecified atom stereocenters. The summed E-state index contributed by atoms with van der Waals surface area (Å²) in [5.74, 6) is -0.208. The van der Waals surface area contributed by atoms with Crippen LogP contribution in [0.4, 0.5) is 5.69 Å². The maximum atomic E-state index is 12.2. The van der Waals surface area contributed by atoms with Crippen LogP contribution in [0.1, 0.15) is 32.7 Å². The Kier molecular flexibility index (Phi) is 4.15. The minimum Gasteiger partial charge on any atom is -0.326 e. The third-order valence-corrected chi connectivity index (χ3v) is 3.38. The van der Waals surface area contributed by atoms with Crippen LogP contribution in [0.15, 0.2) is 30.5 Å². The number of carbonyl (C=O) groups is 1. The van der Waals surface area contributed by atoms with Crippen LogP contribution in [-0.4, -0.2) is 10.9 Å². The zero-order valence-electron chi connectivity index (χ0n) is 12.0. The topological polar surface area (TPSA) is 68.0 Å². The highest BCUT2D eigenvalue weighted by molar-refractivity contribution is 6.03. The number of hydrogen-bond donors (Lipinski definition) is 2. The van der Waals surface area contributed by atoms with Crippen molar-refractivity contribution < 1.29 is 4.79 Å². The van der Waals surface area contributed by atoms with Crippen LogP contribution in [0.25, 0.3) is 0 Å². The Morgan fingerprint density at radius 2 is 1.85 bits per heavy atom. The van der Waals surface area contributed by atoms with Gasteiger partial charge in [0.1, 0.15) is 5.69 Å². The first-order chi connectivity index (χ1) is 9.51. The molecule has 2 aromatic rings. The normalized spacial score (nSPS) is 10.4. The van der Waals surface area contributed by atoms with E-state index in [-0.39, 0.29) is 5.91 Å². The summed E-state index contributed by atoms with van der Waals surface area (Å²) in [6.45, 7) is 6.48. The average molecular weight is 269 g/mol. The van der Waals surface area contributed by atoms with Gasteiger partial charge in [-0.05, 0) is 55.2 Å². The zero-order valence-corrected chi connectivity index (χ0v) is 12.0. The summed E-state index contributed by atoms with van der Waals surface area (Å²) < 4.78 is 0. The number of carbonyl (C=O) groups excluding carboxylic acids is 1. The van der Waals surface area contributed by atoms with E-state index < -0.39 is 0 Å². The van der Waals surface area contributed by atoms with Gasteiger partial charge in [0, 0.05) is 18.4 Å². The van der Waals surface area contributed by atoms with Crippen LogP contribution < -0.4 is 11.1 Å². The van der Waals surface area contributed by atoms with Crippen LogP contribution in [0.3, 0.4) is 0 Å². The molecule has 20 heavy (non-hydrogen) atoms. The molecule has 4 nitrogen and oxygen atoms in total. The quantitative estimate of drug-likeness (QED) is 0.900. The van der Waals surface area contributed by atoms with Crippen molar-refractivity contribution in [2.75, 3.05) is 5.32 Å². The Balaban J connectivity index is 2.20. The molecule has 104 valence electrons. The number of pyridine rings is 1. The number of rotatable bonds is 3. The Morgan fingerprint density at radius 1 is 1.15 bits per heavy atom. The molecule has 0 atom stereocenters. The Hall–Kier alpha value is -2.20. The number of aryl methyl sites for hydroxylation is 3. The summed E-state index contributed by atoms with van der Waals surface area (Å²) in [5, 5.41) is 2.90. The van der Waals surface area contributed by atoms with Gasteiger partial charge in [-0.1, -0.05) is 12.1 Å². The summed E-state index contributed by atoms with van der Waals surface area (Å²) in [5.41, 5.74) is 11.0. The first kappa shape index (κ1) is 14.2. The molecule has 0 aliphatic carbocycles. The maximum Gasteiger partial charge on any atom is 0.274 e. The van der Waals surface area contributed by atoms with Gasteiger partial charge in [-0.2, -0.15) is 0 Å². The minimum absolute atomic E-state index is 0.208. The fraction of sp³-hybridized carbons (Fsp3) is 0.250. The molecule has 0 saturated heterocycles. The lowest BCUT2D eigenvalue weighted by Crippen LogP contribution is -2.15. The van der Waals surface area contributed by atoms with E-state index in [2.05, 4.69) is 23.3 Å². The Bertz CT molecular complexity index is 633. The van der Waals surface area contributed by atoms with E-state index in [1.54, 1.807) is 12.3 Å². The van der Waals surface area contributed by atoms with Gasteiger partial charge in [0.2, 0.25) is 0 Å². The molecule has 1 heterocycles. The van der Waals surface area contributed by atoms with Gasteiger partial charge in [-0.25, -0.2) is 0 Å². The monoisotopic (exact) mass is 269 g/mol. The first-order valence-corrected chi connectivity index (χ1v) is 6.55. The van der Waals surface area contributed by atoms with Crippen LogP contribution in [-0.2, 0) is 6.54 Å². The van der Waals surface area contributed by atoms with E-state index in [9.17, 15) is 4.79 Å². The standard InChI is InChI=1S/C16H19N3O/c1-10-6-12(3)15(7-11(10)2)19-16(20)14-5-4-13(8-17)9-18-14/h4-7,9H,8,17H2,1-3H3,(H,19,20). The first-order valence-electron chi connectivity index (χ1n) is 6.55. The Morgan fingerprint density at radius 3 is 2.45 bits per heavy atom. The number of nitrogens with one attached hydrogen (secondary N) is 1. The van der Waals surface area contributed by atoms with E-state index in [0.717, 1.165) is 22.4 Å². The lowest BCUT2D eigenvalue weighted by atomic mass is 10.0. The fourth-order valence-electron chi connectivity index (χ4n) is 1.96. The molecule has 4 heteroatoms. The molecule has 2 rings (SSSR count). The molecule has 1 aromatic heterocycles. The van der Waals surface area contributed by atoms with Crippen molar-refractivity contribution >= 4 is 11.6 Å². The third-order valence-electron chi connectivity index (χ3n) is 3.38. The van der Waals surface area contributed by atoms with Crippen molar-refractivity contribution in [3.63, 3.8) is 0 Å². The molecular formula is C16H19N3O. The smallest absolute Gasteiger partial charge is 0.274 e. The van der Waals surface area contributed by atoms with Gasteiger partial charge in [0.25, 0.3) is 5.91 Å². The van der Waals surface area contributed by atoms with E-state index in [1.807, 2.05) is 26.0 Å². The lowest BCUT2D eigenvalue weighted by Gasteiger charge is -2.11. The van der Waals surface area contributed by atoms with E-state index in [4.69, 9.17) is 5.73 Å². The second-order valence-electron chi connectivity index (χ2n) is 4.96. The molecule has 0 aliphatic rings. The average Bonchev–Trinajstić information content (AvgIpc) is 2.44. The maximum absolute atomic E-state index is 12.2. The minimum atomic E-state index is -0.208. The summed E-state index contributed by atoms with van der Waals surface area (Å²) >= 11 is 0. The van der Waals surface area contributed by atoms with Crippen LogP contribution in [0.5, 0.6) is 0 Å². The summed E-state index contributed by atoms with van der Waals surface area (Å²) in [4.78, 5) is 16.3. The lowest BCUT2D eigenvalue weighted by molar-refractivity contribution is 0.102. The van der Waals surface area contributed by atoms with Gasteiger partial charge in [0.15, 0.2) is 0 Å². The molecule has 0 spiro atoms. The highest BCUT2D eigenvalue weighted by atomic mass is 16.1. The van der Waals surface area contributed by atoms with Crippen LogP contribution in [0, 0.1) is 20.8 Å². The molecule has 1 amide bonds. The van der Waals surface area contributed by atoms with Gasteiger partial charge in [-0.3, -0.25) is 9.78 Å². The number of aromatic nitrogens is 1. The summed E-state index contributed by atoms with van der Waals surface area (Å²) in [7, 11) is 0. The highest BCUT2D eigenvalue weighted by Gasteiger charge is 2.10. The molecule has 0 aliphatic heterocycles. The van der Waals surface area contributed by atoms with Crippen molar-refractivity contribution in [2.45, 2.75) is 27.3 Å². The number of hydrogen-bond acceptors (Lipinski definition) is 3. The molecule has 0 bridgehead atoms. The molecule has 1 aromatic carbocycles. The molecule has 0 fully saturated rings. The number of nitrogens with two attached hydrogens (primary N) is 1. The summed E-state index contributed by atoms with van der Waals surface area (Å²) in [6, 6.07) is 7.55. The van der Waals surface area contributed by atoms with E-state index in [1.165, 1.54) is 5.56 Å². The predicted octanol–water partition coefficient (Wildman–Crippen LogP) is 2.72. The van der Waals surface area contributed by atoms with Gasteiger partial charge in [0.05, 0.1) is 0 Å². The number of anilines is 1. The highest BCUT2D eigenvalue weighted by Crippen LogP contribution is 2.20. The molecule has 0 radical (unpaired) electrons. The van der Waals surface area contributed by atoms with Gasteiger partial charge < -0.3 is 11.1 Å². The van der Waals surface area contributed by atoms with E-state index >= 15 is 0 Å². The predicted molar refractivity (Wildman–Crippen MR) is 80.7 cm³/mol. The zero-order chi connectivity index (χ0) is 14.7. The van der Waals surface area contributed by atoms with Crippen molar-refractivity contribution in [1.29, 1.82) is 0 Å². The largest absolute Gasteiger partial charge is 0.326 e. The molecule has 0 saturated carbocycles. The van der Waals surface area contributed by atoms with Crippen molar-refractivity contribution in [2.24, 2.45) is 5.73 Å². The van der Waals surface area contributed by atoms with Gasteiger partial charge >= 0.3 is 0 Å².